The van der Waals surface area contributed by atoms with Crippen molar-refractivity contribution in [1.29, 1.82) is 0 Å². The van der Waals surface area contributed by atoms with E-state index in [0.29, 0.717) is 5.56 Å². The zero-order valence-electron chi connectivity index (χ0n) is 14.4. The van der Waals surface area contributed by atoms with Crippen LogP contribution in [-0.2, 0) is 20.8 Å². The van der Waals surface area contributed by atoms with Crippen molar-refractivity contribution in [3.63, 3.8) is 0 Å². The predicted octanol–water partition coefficient (Wildman–Crippen LogP) is 2.42. The molecule has 0 bridgehead atoms. The molecule has 1 N–H and O–H groups in total. The Morgan fingerprint density at radius 1 is 1.25 bits per heavy atom. The largest absolute Gasteiger partial charge is 0.444 e. The maximum absolute atomic E-state index is 13.3. The molecule has 0 heterocycles. The van der Waals surface area contributed by atoms with E-state index < -0.39 is 35.3 Å². The first-order valence-corrected chi connectivity index (χ1v) is 7.28. The number of likely N-dealkylation sites (N-methyl/N-ethyl adjacent to an activating group) is 1. The number of nitrogens with zero attached hydrogens (tertiary/aromatic N) is 1. The Hall–Kier alpha value is -2.22. The highest BCUT2D eigenvalue weighted by Gasteiger charge is 2.27. The second kappa shape index (κ2) is 8.05. The van der Waals surface area contributed by atoms with Crippen LogP contribution in [0.1, 0.15) is 26.3 Å². The number of alkyl carbamates (subject to hydrolysis) is 1. The highest BCUT2D eigenvalue weighted by molar-refractivity contribution is 5.85. The number of amides is 2. The normalized spacial score (nSPS) is 12.5. The van der Waals surface area contributed by atoms with Crippen LogP contribution >= 0.6 is 0 Å². The van der Waals surface area contributed by atoms with E-state index >= 15 is 0 Å². The number of halogens is 2. The second-order valence-electron chi connectivity index (χ2n) is 6.17. The first-order chi connectivity index (χ1) is 11.0. The highest BCUT2D eigenvalue weighted by Crippen LogP contribution is 2.13. The fourth-order valence-corrected chi connectivity index (χ4v) is 1.86. The molecule has 0 fully saturated rings. The third-order valence-electron chi connectivity index (χ3n) is 3.00. The van der Waals surface area contributed by atoms with Crippen molar-refractivity contribution in [1.82, 2.24) is 10.4 Å². The molecule has 6 nitrogen and oxygen atoms in total. The zero-order chi connectivity index (χ0) is 18.5. The Labute approximate surface area is 139 Å². The topological polar surface area (TPSA) is 67.9 Å². The number of hydrogen-bond donors (Lipinski definition) is 1. The highest BCUT2D eigenvalue weighted by atomic mass is 19.2. The molecule has 0 radical (unpaired) electrons. The third kappa shape index (κ3) is 6.11. The van der Waals surface area contributed by atoms with E-state index in [1.807, 2.05) is 0 Å². The molecule has 0 aromatic heterocycles. The number of rotatable bonds is 5. The number of hydrogen-bond acceptors (Lipinski definition) is 4. The van der Waals surface area contributed by atoms with E-state index in [1.165, 1.54) is 20.2 Å². The van der Waals surface area contributed by atoms with Crippen molar-refractivity contribution >= 4 is 12.0 Å². The molecule has 1 aromatic rings. The van der Waals surface area contributed by atoms with Crippen LogP contribution < -0.4 is 5.32 Å². The van der Waals surface area contributed by atoms with Crippen LogP contribution in [0.15, 0.2) is 18.2 Å². The van der Waals surface area contributed by atoms with Gasteiger partial charge in [0.25, 0.3) is 5.91 Å². The molecule has 0 aliphatic heterocycles. The predicted molar refractivity (Wildman–Crippen MR) is 83.0 cm³/mol. The quantitative estimate of drug-likeness (QED) is 0.833. The van der Waals surface area contributed by atoms with E-state index in [0.717, 1.165) is 17.2 Å². The number of carbonyl (C=O) groups excluding carboxylic acids is 2. The van der Waals surface area contributed by atoms with Gasteiger partial charge in [-0.1, -0.05) is 6.07 Å². The van der Waals surface area contributed by atoms with Gasteiger partial charge in [-0.15, -0.1) is 0 Å². The summed E-state index contributed by atoms with van der Waals surface area (Å²) in [6.07, 6.45) is -0.851. The zero-order valence-corrected chi connectivity index (χ0v) is 14.4. The van der Waals surface area contributed by atoms with Gasteiger partial charge in [-0.3, -0.25) is 9.63 Å². The number of benzene rings is 1. The van der Waals surface area contributed by atoms with Gasteiger partial charge in [0.2, 0.25) is 0 Å². The van der Waals surface area contributed by atoms with Crippen molar-refractivity contribution in [2.45, 2.75) is 38.8 Å². The van der Waals surface area contributed by atoms with Crippen molar-refractivity contribution in [3.8, 4) is 0 Å². The number of carbonyl (C=O) groups is 2. The van der Waals surface area contributed by atoms with E-state index in [2.05, 4.69) is 5.32 Å². The van der Waals surface area contributed by atoms with Crippen LogP contribution in [0.5, 0.6) is 0 Å². The minimum absolute atomic E-state index is 0.0526. The fourth-order valence-electron chi connectivity index (χ4n) is 1.86. The van der Waals surface area contributed by atoms with Gasteiger partial charge in [0.05, 0.1) is 7.11 Å². The van der Waals surface area contributed by atoms with Gasteiger partial charge in [-0.05, 0) is 38.5 Å². The molecule has 1 rings (SSSR count). The lowest BCUT2D eigenvalue weighted by atomic mass is 10.0. The SMILES string of the molecule is CON(C)C(=O)C(Cc1ccc(F)c(F)c1)NC(=O)OC(C)(C)C. The van der Waals surface area contributed by atoms with Crippen molar-refractivity contribution in [3.05, 3.63) is 35.4 Å². The molecular formula is C16H22F2N2O4. The van der Waals surface area contributed by atoms with Gasteiger partial charge in [0, 0.05) is 13.5 Å². The Morgan fingerprint density at radius 3 is 2.38 bits per heavy atom. The van der Waals surface area contributed by atoms with E-state index in [9.17, 15) is 18.4 Å². The molecule has 24 heavy (non-hydrogen) atoms. The van der Waals surface area contributed by atoms with Crippen LogP contribution in [0.2, 0.25) is 0 Å². The number of nitrogens with one attached hydrogen (secondary N) is 1. The van der Waals surface area contributed by atoms with Gasteiger partial charge in [-0.25, -0.2) is 18.6 Å². The standard InChI is InChI=1S/C16H22F2N2O4/c1-16(2,3)24-15(22)19-13(14(21)20(4)23-5)9-10-6-7-11(17)12(18)8-10/h6-8,13H,9H2,1-5H3,(H,19,22). The average Bonchev–Trinajstić information content (AvgIpc) is 2.46. The lowest BCUT2D eigenvalue weighted by Gasteiger charge is -2.25. The van der Waals surface area contributed by atoms with Crippen LogP contribution in [-0.4, -0.2) is 42.9 Å². The molecule has 8 heteroatoms. The summed E-state index contributed by atoms with van der Waals surface area (Å²) in [7, 11) is 2.66. The number of hydroxylamine groups is 2. The van der Waals surface area contributed by atoms with Crippen LogP contribution in [0, 0.1) is 11.6 Å². The Balaban J connectivity index is 2.94. The summed E-state index contributed by atoms with van der Waals surface area (Å²) in [5.74, 6) is -2.58. The molecule has 0 saturated carbocycles. The molecule has 2 amide bonds. The van der Waals surface area contributed by atoms with E-state index in [1.54, 1.807) is 20.8 Å². The van der Waals surface area contributed by atoms with Crippen LogP contribution in [0.4, 0.5) is 13.6 Å². The van der Waals surface area contributed by atoms with Gasteiger partial charge in [0.15, 0.2) is 11.6 Å². The van der Waals surface area contributed by atoms with Gasteiger partial charge in [0.1, 0.15) is 11.6 Å². The monoisotopic (exact) mass is 344 g/mol. The van der Waals surface area contributed by atoms with Crippen LogP contribution in [0.25, 0.3) is 0 Å². The van der Waals surface area contributed by atoms with Gasteiger partial charge < -0.3 is 10.1 Å². The maximum Gasteiger partial charge on any atom is 0.408 e. The van der Waals surface area contributed by atoms with Crippen molar-refractivity contribution in [2.75, 3.05) is 14.2 Å². The number of ether oxygens (including phenoxy) is 1. The summed E-state index contributed by atoms with van der Waals surface area (Å²) in [6, 6.07) is 2.20. The first-order valence-electron chi connectivity index (χ1n) is 7.28. The summed E-state index contributed by atoms with van der Waals surface area (Å²) >= 11 is 0. The lowest BCUT2D eigenvalue weighted by Crippen LogP contribution is -2.49. The summed E-state index contributed by atoms with van der Waals surface area (Å²) in [5.41, 5.74) is -0.403. The molecule has 0 aliphatic rings. The minimum atomic E-state index is -1.06. The molecular weight excluding hydrogens is 322 g/mol. The smallest absolute Gasteiger partial charge is 0.408 e. The second-order valence-corrected chi connectivity index (χ2v) is 6.17. The molecule has 1 unspecified atom stereocenters. The average molecular weight is 344 g/mol. The first kappa shape index (κ1) is 19.8. The summed E-state index contributed by atoms with van der Waals surface area (Å²) in [4.78, 5) is 29.0. The van der Waals surface area contributed by atoms with Gasteiger partial charge in [-0.2, -0.15) is 0 Å². The summed E-state index contributed by atoms with van der Waals surface area (Å²) in [6.45, 7) is 5.04. The van der Waals surface area contributed by atoms with Crippen molar-refractivity contribution in [2.24, 2.45) is 0 Å². The maximum atomic E-state index is 13.3. The third-order valence-corrected chi connectivity index (χ3v) is 3.00. The summed E-state index contributed by atoms with van der Waals surface area (Å²) < 4.78 is 31.5. The summed E-state index contributed by atoms with van der Waals surface area (Å²) in [5, 5.41) is 3.36. The Bertz CT molecular complexity index is 602. The molecule has 0 spiro atoms. The Kier molecular flexibility index (Phi) is 6.65. The van der Waals surface area contributed by atoms with Gasteiger partial charge >= 0.3 is 6.09 Å². The molecule has 1 aromatic carbocycles. The Morgan fingerprint density at radius 2 is 1.88 bits per heavy atom. The molecule has 134 valence electrons. The minimum Gasteiger partial charge on any atom is -0.444 e. The lowest BCUT2D eigenvalue weighted by molar-refractivity contribution is -0.171. The van der Waals surface area contributed by atoms with Crippen molar-refractivity contribution < 1.29 is 27.9 Å². The van der Waals surface area contributed by atoms with Crippen LogP contribution in [0.3, 0.4) is 0 Å². The van der Waals surface area contributed by atoms with E-state index in [4.69, 9.17) is 9.57 Å². The molecule has 0 aliphatic carbocycles. The molecule has 0 saturated heterocycles. The fraction of sp³-hybridized carbons (Fsp3) is 0.500. The molecule has 1 atom stereocenters. The van der Waals surface area contributed by atoms with E-state index in [-0.39, 0.29) is 6.42 Å².